The third-order valence-electron chi connectivity index (χ3n) is 8.80. The van der Waals surface area contributed by atoms with Crippen LogP contribution in [0.1, 0.15) is 47.2 Å². The van der Waals surface area contributed by atoms with Crippen LogP contribution in [0.4, 0.5) is 0 Å². The number of nitrogens with zero attached hydrogens (tertiary/aromatic N) is 2. The zero-order chi connectivity index (χ0) is 25.5. The molecule has 0 amide bonds. The highest BCUT2D eigenvalue weighted by Crippen LogP contribution is 2.62. The molecule has 180 valence electrons. The van der Waals surface area contributed by atoms with Crippen LogP contribution in [0.2, 0.25) is 0 Å². The van der Waals surface area contributed by atoms with E-state index in [1.807, 2.05) is 18.3 Å². The standard InChI is InChI=1S/C36H26N2/c1-35(2)29-16-8-9-17-31(29)36(27-14-6-4-12-25(27)26-13-5-7-15-28(26)36)32-21-23(19-20-30(32)35)34-37-22-24-11-3-10-18-33(24)38-34/h3-22H,1-2H3. The maximum Gasteiger partial charge on any atom is 0.159 e. The topological polar surface area (TPSA) is 25.8 Å². The van der Waals surface area contributed by atoms with Crippen LogP contribution < -0.4 is 0 Å². The Morgan fingerprint density at radius 3 is 1.84 bits per heavy atom. The predicted octanol–water partition coefficient (Wildman–Crippen LogP) is 8.30. The zero-order valence-corrected chi connectivity index (χ0v) is 21.4. The molecule has 0 atom stereocenters. The molecule has 5 aromatic carbocycles. The van der Waals surface area contributed by atoms with Gasteiger partial charge in [0.1, 0.15) is 0 Å². The van der Waals surface area contributed by atoms with Crippen molar-refractivity contribution in [3.05, 3.63) is 155 Å². The lowest BCUT2D eigenvalue weighted by molar-refractivity contribution is 0.563. The van der Waals surface area contributed by atoms with Gasteiger partial charge in [0.15, 0.2) is 5.82 Å². The number of fused-ring (bicyclic) bond motifs is 10. The van der Waals surface area contributed by atoms with Crippen molar-refractivity contribution < 1.29 is 0 Å². The van der Waals surface area contributed by atoms with Gasteiger partial charge in [-0.3, -0.25) is 0 Å². The van der Waals surface area contributed by atoms with E-state index in [2.05, 4.69) is 117 Å². The summed E-state index contributed by atoms with van der Waals surface area (Å²) in [6, 6.07) is 42.0. The lowest BCUT2D eigenvalue weighted by Crippen LogP contribution is -2.40. The molecule has 0 unspecified atom stereocenters. The molecule has 2 aliphatic rings. The highest BCUT2D eigenvalue weighted by atomic mass is 14.9. The largest absolute Gasteiger partial charge is 0.236 e. The molecular weight excluding hydrogens is 460 g/mol. The number of hydrogen-bond donors (Lipinski definition) is 0. The van der Waals surface area contributed by atoms with Crippen molar-refractivity contribution in [2.45, 2.75) is 24.7 Å². The van der Waals surface area contributed by atoms with Gasteiger partial charge in [0.25, 0.3) is 0 Å². The van der Waals surface area contributed by atoms with Crippen molar-refractivity contribution in [2.75, 3.05) is 0 Å². The second-order valence-corrected chi connectivity index (χ2v) is 11.0. The van der Waals surface area contributed by atoms with E-state index in [0.717, 1.165) is 22.3 Å². The number of hydrogen-bond acceptors (Lipinski definition) is 2. The molecule has 2 heteroatoms. The minimum absolute atomic E-state index is 0.146. The van der Waals surface area contributed by atoms with Crippen LogP contribution in [-0.4, -0.2) is 9.97 Å². The normalized spacial score (nSPS) is 15.5. The molecule has 0 saturated heterocycles. The van der Waals surface area contributed by atoms with Crippen LogP contribution in [0.15, 0.2) is 121 Å². The molecule has 0 fully saturated rings. The molecule has 2 aliphatic carbocycles. The van der Waals surface area contributed by atoms with Crippen LogP contribution >= 0.6 is 0 Å². The number of para-hydroxylation sites is 1. The fourth-order valence-electron chi connectivity index (χ4n) is 7.11. The van der Waals surface area contributed by atoms with E-state index >= 15 is 0 Å². The second kappa shape index (κ2) is 7.49. The minimum Gasteiger partial charge on any atom is -0.236 e. The fourth-order valence-corrected chi connectivity index (χ4v) is 7.11. The van der Waals surface area contributed by atoms with Crippen molar-refractivity contribution >= 4 is 10.9 Å². The highest BCUT2D eigenvalue weighted by Gasteiger charge is 2.53. The third-order valence-corrected chi connectivity index (χ3v) is 8.80. The third kappa shape index (κ3) is 2.62. The van der Waals surface area contributed by atoms with Crippen molar-refractivity contribution in [3.8, 4) is 22.5 Å². The fraction of sp³-hybridized carbons (Fsp3) is 0.111. The Morgan fingerprint density at radius 1 is 0.526 bits per heavy atom. The molecule has 1 spiro atoms. The Bertz CT molecular complexity index is 1870. The summed E-state index contributed by atoms with van der Waals surface area (Å²) in [6.45, 7) is 4.72. The summed E-state index contributed by atoms with van der Waals surface area (Å²) < 4.78 is 0. The summed E-state index contributed by atoms with van der Waals surface area (Å²) in [4.78, 5) is 9.77. The molecule has 0 N–H and O–H groups in total. The summed E-state index contributed by atoms with van der Waals surface area (Å²) >= 11 is 0. The smallest absolute Gasteiger partial charge is 0.159 e. The molecule has 1 heterocycles. The van der Waals surface area contributed by atoms with Gasteiger partial charge in [-0.1, -0.05) is 117 Å². The van der Waals surface area contributed by atoms with Gasteiger partial charge in [-0.15, -0.1) is 0 Å². The molecule has 0 saturated carbocycles. The maximum atomic E-state index is 4.97. The van der Waals surface area contributed by atoms with Gasteiger partial charge in [0, 0.05) is 22.6 Å². The average Bonchev–Trinajstić information content (AvgIpc) is 3.27. The molecule has 0 aliphatic heterocycles. The van der Waals surface area contributed by atoms with Crippen LogP contribution in [0.5, 0.6) is 0 Å². The lowest BCUT2D eigenvalue weighted by Gasteiger charge is -2.46. The highest BCUT2D eigenvalue weighted by molar-refractivity contribution is 5.89. The van der Waals surface area contributed by atoms with E-state index in [-0.39, 0.29) is 5.41 Å². The van der Waals surface area contributed by atoms with Crippen molar-refractivity contribution in [1.82, 2.24) is 9.97 Å². The van der Waals surface area contributed by atoms with Gasteiger partial charge >= 0.3 is 0 Å². The zero-order valence-electron chi connectivity index (χ0n) is 21.4. The predicted molar refractivity (Wildman–Crippen MR) is 154 cm³/mol. The quantitative estimate of drug-likeness (QED) is 0.233. The van der Waals surface area contributed by atoms with E-state index < -0.39 is 5.41 Å². The van der Waals surface area contributed by atoms with E-state index in [0.29, 0.717) is 0 Å². The molecular formula is C36H26N2. The van der Waals surface area contributed by atoms with Crippen LogP contribution in [0.25, 0.3) is 33.4 Å². The summed E-state index contributed by atoms with van der Waals surface area (Å²) in [5.41, 5.74) is 12.2. The van der Waals surface area contributed by atoms with E-state index in [9.17, 15) is 0 Å². The minimum atomic E-state index is -0.401. The molecule has 6 aromatic rings. The summed E-state index contributed by atoms with van der Waals surface area (Å²) in [5.74, 6) is 0.762. The first-order chi connectivity index (χ1) is 18.6. The van der Waals surface area contributed by atoms with Crippen LogP contribution in [-0.2, 0) is 10.8 Å². The van der Waals surface area contributed by atoms with Gasteiger partial charge in [-0.25, -0.2) is 9.97 Å². The number of aromatic nitrogens is 2. The lowest BCUT2D eigenvalue weighted by atomic mass is 9.55. The number of rotatable bonds is 1. The van der Waals surface area contributed by atoms with Gasteiger partial charge in [0.05, 0.1) is 10.9 Å². The maximum absolute atomic E-state index is 4.97. The van der Waals surface area contributed by atoms with Gasteiger partial charge < -0.3 is 0 Å². The number of benzene rings is 5. The first-order valence-corrected chi connectivity index (χ1v) is 13.3. The Balaban J connectivity index is 1.50. The second-order valence-electron chi connectivity index (χ2n) is 11.0. The Kier molecular flexibility index (Phi) is 4.24. The molecule has 1 aromatic heterocycles. The SMILES string of the molecule is CC1(C)c2ccccc2C2(c3ccccc3-c3ccccc32)c2cc(-c3ncc4ccccc4n3)ccc21. The average molecular weight is 487 g/mol. The first-order valence-electron chi connectivity index (χ1n) is 13.3. The van der Waals surface area contributed by atoms with Crippen molar-refractivity contribution in [2.24, 2.45) is 0 Å². The van der Waals surface area contributed by atoms with Crippen molar-refractivity contribution in [3.63, 3.8) is 0 Å². The first kappa shape index (κ1) is 21.5. The molecule has 8 rings (SSSR count). The van der Waals surface area contributed by atoms with E-state index in [4.69, 9.17) is 9.97 Å². The molecule has 38 heavy (non-hydrogen) atoms. The van der Waals surface area contributed by atoms with Gasteiger partial charge in [-0.2, -0.15) is 0 Å². The van der Waals surface area contributed by atoms with E-state index in [1.54, 1.807) is 0 Å². The summed E-state index contributed by atoms with van der Waals surface area (Å²) in [6.07, 6.45) is 1.94. The Morgan fingerprint density at radius 2 is 1.11 bits per heavy atom. The van der Waals surface area contributed by atoms with Gasteiger partial charge in [0.2, 0.25) is 0 Å². The van der Waals surface area contributed by atoms with Crippen LogP contribution in [0, 0.1) is 0 Å². The molecule has 2 nitrogen and oxygen atoms in total. The van der Waals surface area contributed by atoms with Gasteiger partial charge in [-0.05, 0) is 56.6 Å². The van der Waals surface area contributed by atoms with E-state index in [1.165, 1.54) is 44.5 Å². The summed E-state index contributed by atoms with van der Waals surface area (Å²) in [7, 11) is 0. The monoisotopic (exact) mass is 486 g/mol. The Hall–Kier alpha value is -4.56. The van der Waals surface area contributed by atoms with Crippen molar-refractivity contribution in [1.29, 1.82) is 0 Å². The van der Waals surface area contributed by atoms with Crippen LogP contribution in [0.3, 0.4) is 0 Å². The molecule has 0 radical (unpaired) electrons. The Labute approximate surface area is 222 Å². The summed E-state index contributed by atoms with van der Waals surface area (Å²) in [5, 5.41) is 1.05. The molecule has 0 bridgehead atoms.